The van der Waals surface area contributed by atoms with Crippen LogP contribution in [0.4, 0.5) is 5.69 Å². The van der Waals surface area contributed by atoms with Gasteiger partial charge in [0.15, 0.2) is 0 Å². The number of carbonyl (C=O) groups is 2. The maximum absolute atomic E-state index is 12.8. The first kappa shape index (κ1) is 15.5. The van der Waals surface area contributed by atoms with Gasteiger partial charge in [-0.05, 0) is 38.3 Å². The summed E-state index contributed by atoms with van der Waals surface area (Å²) in [6, 6.07) is 7.90. The lowest BCUT2D eigenvalue weighted by atomic mass is 9.90. The summed E-state index contributed by atoms with van der Waals surface area (Å²) in [5, 5.41) is 2.87. The fourth-order valence-corrected chi connectivity index (χ4v) is 2.58. The van der Waals surface area contributed by atoms with Crippen molar-refractivity contribution in [2.24, 2.45) is 5.41 Å². The summed E-state index contributed by atoms with van der Waals surface area (Å²) in [5.74, 6) is -0.313. The van der Waals surface area contributed by atoms with Crippen LogP contribution in [0, 0.1) is 5.41 Å². The van der Waals surface area contributed by atoms with Gasteiger partial charge in [0.05, 0.1) is 0 Å². The highest BCUT2D eigenvalue weighted by Gasteiger charge is 2.41. The van der Waals surface area contributed by atoms with E-state index in [-0.39, 0.29) is 11.8 Å². The molecule has 2 amide bonds. The summed E-state index contributed by atoms with van der Waals surface area (Å²) < 4.78 is 0. The molecule has 0 saturated heterocycles. The van der Waals surface area contributed by atoms with Crippen LogP contribution < -0.4 is 10.2 Å². The molecule has 4 nitrogen and oxygen atoms in total. The molecule has 1 heterocycles. The first-order valence-corrected chi connectivity index (χ1v) is 7.66. The second-order valence-corrected chi connectivity index (χ2v) is 6.07. The first-order valence-electron chi connectivity index (χ1n) is 7.66. The van der Waals surface area contributed by atoms with Crippen molar-refractivity contribution in [2.45, 2.75) is 40.0 Å². The molecule has 0 saturated carbocycles. The van der Waals surface area contributed by atoms with Crippen molar-refractivity contribution in [2.75, 3.05) is 18.0 Å². The van der Waals surface area contributed by atoms with E-state index in [1.165, 1.54) is 5.56 Å². The lowest BCUT2D eigenvalue weighted by molar-refractivity contribution is -0.139. The molecule has 0 aromatic heterocycles. The van der Waals surface area contributed by atoms with E-state index in [4.69, 9.17) is 0 Å². The molecule has 0 unspecified atom stereocenters. The van der Waals surface area contributed by atoms with E-state index in [2.05, 4.69) is 12.2 Å². The van der Waals surface area contributed by atoms with Gasteiger partial charge < -0.3 is 10.2 Å². The molecule has 0 radical (unpaired) electrons. The smallest absolute Gasteiger partial charge is 0.242 e. The summed E-state index contributed by atoms with van der Waals surface area (Å²) in [6.45, 7) is 6.77. The van der Waals surface area contributed by atoms with Crippen molar-refractivity contribution in [3.8, 4) is 0 Å². The van der Waals surface area contributed by atoms with Gasteiger partial charge in [-0.1, -0.05) is 31.5 Å². The Labute approximate surface area is 126 Å². The van der Waals surface area contributed by atoms with E-state index in [0.717, 1.165) is 24.9 Å². The van der Waals surface area contributed by atoms with Crippen LogP contribution in [0.1, 0.15) is 39.2 Å². The number of hydrogen-bond donors (Lipinski definition) is 1. The zero-order valence-electron chi connectivity index (χ0n) is 13.1. The van der Waals surface area contributed by atoms with Gasteiger partial charge in [0.2, 0.25) is 11.8 Å². The number of unbranched alkanes of at least 4 members (excludes halogenated alkanes) is 1. The Bertz CT molecular complexity index is 537. The van der Waals surface area contributed by atoms with Crippen LogP contribution in [0.25, 0.3) is 0 Å². The molecule has 1 N–H and O–H groups in total. The number of anilines is 1. The van der Waals surface area contributed by atoms with E-state index < -0.39 is 5.41 Å². The van der Waals surface area contributed by atoms with Crippen molar-refractivity contribution < 1.29 is 9.59 Å². The van der Waals surface area contributed by atoms with Gasteiger partial charge in [0.1, 0.15) is 5.41 Å². The molecule has 0 aliphatic carbocycles. The molecule has 114 valence electrons. The number of fused-ring (bicyclic) bond motifs is 1. The van der Waals surface area contributed by atoms with Gasteiger partial charge in [-0.15, -0.1) is 0 Å². The van der Waals surface area contributed by atoms with E-state index in [1.54, 1.807) is 18.7 Å². The Morgan fingerprint density at radius 3 is 2.71 bits per heavy atom. The minimum Gasteiger partial charge on any atom is -0.355 e. The highest BCUT2D eigenvalue weighted by Crippen LogP contribution is 2.31. The maximum atomic E-state index is 12.8. The molecule has 0 bridgehead atoms. The standard InChI is InChI=1S/C17H24N2O2/c1-4-5-11-18-15(20)17(2,3)16(21)19-12-10-13-8-6-7-9-14(13)19/h6-9H,4-5,10-12H2,1-3H3,(H,18,20). The van der Waals surface area contributed by atoms with Crippen LogP contribution >= 0.6 is 0 Å². The number of benzene rings is 1. The number of para-hydroxylation sites is 1. The average Bonchev–Trinajstić information content (AvgIpc) is 2.90. The molecule has 4 heteroatoms. The third kappa shape index (κ3) is 3.09. The lowest BCUT2D eigenvalue weighted by Crippen LogP contribution is -2.49. The molecule has 1 aliphatic rings. The minimum absolute atomic E-state index is 0.124. The fourth-order valence-electron chi connectivity index (χ4n) is 2.58. The number of carbonyl (C=O) groups excluding carboxylic acids is 2. The molecule has 21 heavy (non-hydrogen) atoms. The SMILES string of the molecule is CCCCNC(=O)C(C)(C)C(=O)N1CCc2ccccc21. The fraction of sp³-hybridized carbons (Fsp3) is 0.529. The van der Waals surface area contributed by atoms with Crippen molar-refractivity contribution in [1.82, 2.24) is 5.32 Å². The Morgan fingerprint density at radius 1 is 1.29 bits per heavy atom. The second kappa shape index (κ2) is 6.29. The van der Waals surface area contributed by atoms with Gasteiger partial charge in [0.25, 0.3) is 0 Å². The minimum atomic E-state index is -1.04. The zero-order valence-corrected chi connectivity index (χ0v) is 13.1. The number of nitrogens with one attached hydrogen (secondary N) is 1. The Morgan fingerprint density at radius 2 is 2.00 bits per heavy atom. The van der Waals surface area contributed by atoms with E-state index in [1.807, 2.05) is 24.3 Å². The van der Waals surface area contributed by atoms with Gasteiger partial charge >= 0.3 is 0 Å². The van der Waals surface area contributed by atoms with E-state index in [0.29, 0.717) is 13.1 Å². The maximum Gasteiger partial charge on any atom is 0.242 e. The van der Waals surface area contributed by atoms with Crippen molar-refractivity contribution >= 4 is 17.5 Å². The monoisotopic (exact) mass is 288 g/mol. The summed E-state index contributed by atoms with van der Waals surface area (Å²) in [5.41, 5.74) is 1.08. The number of rotatable bonds is 5. The summed E-state index contributed by atoms with van der Waals surface area (Å²) in [4.78, 5) is 26.8. The van der Waals surface area contributed by atoms with Crippen LogP contribution in [-0.4, -0.2) is 24.9 Å². The summed E-state index contributed by atoms with van der Waals surface area (Å²) in [7, 11) is 0. The van der Waals surface area contributed by atoms with Crippen LogP contribution in [0.2, 0.25) is 0 Å². The molecule has 1 aromatic rings. The molecule has 2 rings (SSSR count). The van der Waals surface area contributed by atoms with E-state index in [9.17, 15) is 9.59 Å². The Kier molecular flexibility index (Phi) is 4.66. The van der Waals surface area contributed by atoms with Crippen molar-refractivity contribution in [1.29, 1.82) is 0 Å². The quantitative estimate of drug-likeness (QED) is 0.668. The first-order chi connectivity index (χ1) is 9.98. The third-order valence-corrected chi connectivity index (χ3v) is 4.05. The summed E-state index contributed by atoms with van der Waals surface area (Å²) >= 11 is 0. The molecular weight excluding hydrogens is 264 g/mol. The Balaban J connectivity index is 2.10. The van der Waals surface area contributed by atoms with Gasteiger partial charge in [-0.3, -0.25) is 9.59 Å². The largest absolute Gasteiger partial charge is 0.355 e. The average molecular weight is 288 g/mol. The lowest BCUT2D eigenvalue weighted by Gasteiger charge is -2.28. The number of amides is 2. The molecular formula is C17H24N2O2. The van der Waals surface area contributed by atoms with Gasteiger partial charge in [0, 0.05) is 18.8 Å². The predicted molar refractivity (Wildman–Crippen MR) is 84.2 cm³/mol. The predicted octanol–water partition coefficient (Wildman–Crippen LogP) is 2.52. The van der Waals surface area contributed by atoms with Crippen molar-refractivity contribution in [3.63, 3.8) is 0 Å². The molecule has 1 aromatic carbocycles. The Hall–Kier alpha value is -1.84. The number of hydrogen-bond acceptors (Lipinski definition) is 2. The van der Waals surface area contributed by atoms with Crippen LogP contribution in [-0.2, 0) is 16.0 Å². The van der Waals surface area contributed by atoms with Gasteiger partial charge in [-0.25, -0.2) is 0 Å². The normalized spacial score (nSPS) is 14.0. The van der Waals surface area contributed by atoms with Crippen LogP contribution in [0.3, 0.4) is 0 Å². The number of nitrogens with zero attached hydrogens (tertiary/aromatic N) is 1. The highest BCUT2D eigenvalue weighted by atomic mass is 16.2. The molecule has 0 fully saturated rings. The third-order valence-electron chi connectivity index (χ3n) is 4.05. The molecule has 0 atom stereocenters. The summed E-state index contributed by atoms with van der Waals surface area (Å²) in [6.07, 6.45) is 2.81. The van der Waals surface area contributed by atoms with Gasteiger partial charge in [-0.2, -0.15) is 0 Å². The molecule has 1 aliphatic heterocycles. The second-order valence-electron chi connectivity index (χ2n) is 6.07. The topological polar surface area (TPSA) is 49.4 Å². The zero-order chi connectivity index (χ0) is 15.5. The molecule has 0 spiro atoms. The van der Waals surface area contributed by atoms with Crippen molar-refractivity contribution in [3.05, 3.63) is 29.8 Å². The van der Waals surface area contributed by atoms with Crippen LogP contribution in [0.15, 0.2) is 24.3 Å². The van der Waals surface area contributed by atoms with Crippen LogP contribution in [0.5, 0.6) is 0 Å². The highest BCUT2D eigenvalue weighted by molar-refractivity contribution is 6.11. The van der Waals surface area contributed by atoms with E-state index >= 15 is 0 Å².